The van der Waals surface area contributed by atoms with Crippen LogP contribution in [0.2, 0.25) is 0 Å². The molecule has 0 aromatic carbocycles. The lowest BCUT2D eigenvalue weighted by atomic mass is 10.2. The van der Waals surface area contributed by atoms with Crippen LogP contribution in [-0.2, 0) is 27.9 Å². The number of esters is 1. The number of H-pyrrole nitrogens is 1. The molecule has 12 heteroatoms. The highest BCUT2D eigenvalue weighted by Crippen LogP contribution is 2.53. The molecule has 1 aromatic rings. The van der Waals surface area contributed by atoms with Crippen molar-refractivity contribution in [1.82, 2.24) is 9.55 Å². The van der Waals surface area contributed by atoms with E-state index >= 15 is 0 Å². The summed E-state index contributed by atoms with van der Waals surface area (Å²) in [6.45, 7) is 0. The number of rotatable bonds is 7. The van der Waals surface area contributed by atoms with Gasteiger partial charge in [-0.15, -0.1) is 0 Å². The summed E-state index contributed by atoms with van der Waals surface area (Å²) in [6.07, 6.45) is 1.31. The third-order valence-electron chi connectivity index (χ3n) is 4.19. The van der Waals surface area contributed by atoms with Crippen LogP contribution in [0.25, 0.3) is 0 Å². The maximum atomic E-state index is 13.5. The summed E-state index contributed by atoms with van der Waals surface area (Å²) < 4.78 is 46.8. The van der Waals surface area contributed by atoms with E-state index < -0.39 is 48.6 Å². The molecule has 26 heavy (non-hydrogen) atoms. The Morgan fingerprint density at radius 2 is 1.96 bits per heavy atom. The van der Waals surface area contributed by atoms with Gasteiger partial charge >= 0.3 is 19.3 Å². The summed E-state index contributed by atoms with van der Waals surface area (Å²) >= 11 is 0. The van der Waals surface area contributed by atoms with Gasteiger partial charge in [-0.3, -0.25) is 18.9 Å². The minimum absolute atomic E-state index is 0.228. The SMILES string of the molecule is COC(=O)C(O[C@@H]1CC[C@H](n2cc(F)c(=O)[nH]c2=O)C1)P(=O)(OC)OC. The second-order valence-corrected chi connectivity index (χ2v) is 7.93. The quantitative estimate of drug-likeness (QED) is 0.531. The van der Waals surface area contributed by atoms with Crippen LogP contribution in [0.3, 0.4) is 0 Å². The number of carbonyl (C=O) groups excluding carboxylic acids is 1. The number of nitrogens with one attached hydrogen (secondary N) is 1. The lowest BCUT2D eigenvalue weighted by Crippen LogP contribution is -2.34. The zero-order valence-corrected chi connectivity index (χ0v) is 15.4. The van der Waals surface area contributed by atoms with Crippen molar-refractivity contribution in [1.29, 1.82) is 0 Å². The summed E-state index contributed by atoms with van der Waals surface area (Å²) in [5.41, 5.74) is -1.84. The number of methoxy groups -OCH3 is 1. The maximum Gasteiger partial charge on any atom is 0.370 e. The highest BCUT2D eigenvalue weighted by Gasteiger charge is 2.45. The summed E-state index contributed by atoms with van der Waals surface area (Å²) in [5, 5.41) is 0. The minimum Gasteiger partial charge on any atom is -0.467 e. The lowest BCUT2D eigenvalue weighted by molar-refractivity contribution is -0.152. The van der Waals surface area contributed by atoms with E-state index in [1.165, 1.54) is 0 Å². The first-order chi connectivity index (χ1) is 12.3. The molecule has 1 unspecified atom stereocenters. The number of halogens is 1. The predicted molar refractivity (Wildman–Crippen MR) is 86.5 cm³/mol. The monoisotopic (exact) mass is 394 g/mol. The van der Waals surface area contributed by atoms with Gasteiger partial charge in [0.2, 0.25) is 5.82 Å². The van der Waals surface area contributed by atoms with Crippen LogP contribution in [0.1, 0.15) is 25.3 Å². The van der Waals surface area contributed by atoms with Crippen LogP contribution in [0.5, 0.6) is 0 Å². The average molecular weight is 394 g/mol. The standard InChI is InChI=1S/C14H20FN2O8P/c1-22-12(19)13(26(21,23-2)24-3)25-9-5-4-8(6-9)17-7-10(15)11(18)16-14(17)20/h7-9,13H,4-6H2,1-3H3,(H,16,18,20)/t8-,9+,13?/m0/s1. The summed E-state index contributed by atoms with van der Waals surface area (Å²) in [6, 6.07) is -0.457. The van der Waals surface area contributed by atoms with Crippen molar-refractivity contribution in [2.45, 2.75) is 37.3 Å². The first-order valence-corrected chi connectivity index (χ1v) is 9.32. The zero-order valence-electron chi connectivity index (χ0n) is 14.5. The van der Waals surface area contributed by atoms with E-state index in [1.54, 1.807) is 0 Å². The number of hydrogen-bond acceptors (Lipinski definition) is 8. The molecule has 3 atom stereocenters. The van der Waals surface area contributed by atoms with Gasteiger partial charge in [0.05, 0.1) is 19.4 Å². The van der Waals surface area contributed by atoms with Crippen molar-refractivity contribution < 1.29 is 32.3 Å². The third-order valence-corrected chi connectivity index (χ3v) is 6.12. The van der Waals surface area contributed by atoms with E-state index in [0.717, 1.165) is 32.1 Å². The largest absolute Gasteiger partial charge is 0.467 e. The van der Waals surface area contributed by atoms with E-state index in [0.29, 0.717) is 12.8 Å². The number of nitrogens with zero attached hydrogens (tertiary/aromatic N) is 1. The van der Waals surface area contributed by atoms with Crippen LogP contribution < -0.4 is 11.2 Å². The molecule has 10 nitrogen and oxygen atoms in total. The molecule has 0 radical (unpaired) electrons. The van der Waals surface area contributed by atoms with Crippen LogP contribution in [-0.4, -0.2) is 48.8 Å². The Hall–Kier alpha value is -1.81. The summed E-state index contributed by atoms with van der Waals surface area (Å²) in [4.78, 5) is 36.8. The van der Waals surface area contributed by atoms with Gasteiger partial charge in [-0.25, -0.2) is 9.59 Å². The average Bonchev–Trinajstić information content (AvgIpc) is 3.09. The first-order valence-electron chi connectivity index (χ1n) is 7.71. The predicted octanol–water partition coefficient (Wildman–Crippen LogP) is 0.771. The number of hydrogen-bond donors (Lipinski definition) is 1. The van der Waals surface area contributed by atoms with Gasteiger partial charge in [-0.1, -0.05) is 0 Å². The molecule has 0 spiro atoms. The van der Waals surface area contributed by atoms with Crippen molar-refractivity contribution >= 4 is 13.6 Å². The van der Waals surface area contributed by atoms with Crippen molar-refractivity contribution in [3.05, 3.63) is 32.9 Å². The fourth-order valence-electron chi connectivity index (χ4n) is 2.83. The molecule has 1 fully saturated rings. The number of carbonyl (C=O) groups is 1. The second-order valence-electron chi connectivity index (χ2n) is 5.65. The molecule has 1 heterocycles. The molecule has 1 aliphatic carbocycles. The van der Waals surface area contributed by atoms with E-state index in [1.807, 2.05) is 4.98 Å². The molecule has 1 aromatic heterocycles. The Labute approximate surface area is 147 Å². The van der Waals surface area contributed by atoms with E-state index in [2.05, 4.69) is 4.74 Å². The van der Waals surface area contributed by atoms with Gasteiger partial charge in [-0.2, -0.15) is 4.39 Å². The van der Waals surface area contributed by atoms with Crippen molar-refractivity contribution in [2.24, 2.45) is 0 Å². The van der Waals surface area contributed by atoms with Gasteiger partial charge in [0.15, 0.2) is 0 Å². The maximum absolute atomic E-state index is 13.5. The zero-order chi connectivity index (χ0) is 19.5. The lowest BCUT2D eigenvalue weighted by Gasteiger charge is -2.25. The van der Waals surface area contributed by atoms with Gasteiger partial charge in [-0.05, 0) is 19.3 Å². The first kappa shape index (κ1) is 20.5. The molecule has 1 aliphatic rings. The van der Waals surface area contributed by atoms with Gasteiger partial charge in [0.1, 0.15) is 0 Å². The molecule has 0 saturated heterocycles. The molecule has 146 valence electrons. The number of ether oxygens (including phenoxy) is 2. The summed E-state index contributed by atoms with van der Waals surface area (Å²) in [7, 11) is -0.570. The van der Waals surface area contributed by atoms with Crippen LogP contribution >= 0.6 is 7.60 Å². The van der Waals surface area contributed by atoms with Crippen LogP contribution in [0, 0.1) is 5.82 Å². The van der Waals surface area contributed by atoms with Crippen molar-refractivity contribution in [2.75, 3.05) is 21.3 Å². The molecule has 0 amide bonds. The Balaban J connectivity index is 2.18. The molecule has 2 rings (SSSR count). The fourth-order valence-corrected chi connectivity index (χ4v) is 4.05. The van der Waals surface area contributed by atoms with Crippen LogP contribution in [0.4, 0.5) is 4.39 Å². The molecule has 0 aliphatic heterocycles. The van der Waals surface area contributed by atoms with E-state index in [4.69, 9.17) is 13.8 Å². The van der Waals surface area contributed by atoms with Crippen molar-refractivity contribution in [3.63, 3.8) is 0 Å². The minimum atomic E-state index is -3.90. The van der Waals surface area contributed by atoms with Gasteiger partial charge < -0.3 is 18.5 Å². The normalized spacial score (nSPS) is 21.5. The molecule has 1 N–H and O–H groups in total. The van der Waals surface area contributed by atoms with E-state index in [-0.39, 0.29) is 6.42 Å². The van der Waals surface area contributed by atoms with Gasteiger partial charge in [0, 0.05) is 20.3 Å². The Bertz CT molecular complexity index is 814. The Morgan fingerprint density at radius 3 is 2.54 bits per heavy atom. The number of aromatic nitrogens is 2. The topological polar surface area (TPSA) is 126 Å². The molecule has 1 saturated carbocycles. The summed E-state index contributed by atoms with van der Waals surface area (Å²) in [5.74, 6) is -3.59. The van der Waals surface area contributed by atoms with Crippen LogP contribution in [0.15, 0.2) is 15.8 Å². The van der Waals surface area contributed by atoms with Gasteiger partial charge in [0.25, 0.3) is 11.4 Å². The molecular formula is C14H20FN2O8P. The Morgan fingerprint density at radius 1 is 1.31 bits per heavy atom. The molecular weight excluding hydrogens is 374 g/mol. The highest BCUT2D eigenvalue weighted by atomic mass is 31.2. The fraction of sp³-hybridized carbons (Fsp3) is 0.643. The number of aromatic amines is 1. The third kappa shape index (κ3) is 4.12. The smallest absolute Gasteiger partial charge is 0.370 e. The molecule has 0 bridgehead atoms. The second kappa shape index (κ2) is 8.26. The highest BCUT2D eigenvalue weighted by molar-refractivity contribution is 7.55. The van der Waals surface area contributed by atoms with Crippen molar-refractivity contribution in [3.8, 4) is 0 Å². The van der Waals surface area contributed by atoms with E-state index in [9.17, 15) is 23.3 Å². The Kier molecular flexibility index (Phi) is 6.51.